The normalized spacial score (nSPS) is 14.3. The van der Waals surface area contributed by atoms with E-state index in [9.17, 15) is 14.4 Å². The molecule has 0 aromatic carbocycles. The average Bonchev–Trinajstić information content (AvgIpc) is 2.54. The number of hydrogen-bond donors (Lipinski definition) is 1. The zero-order chi connectivity index (χ0) is 20.3. The van der Waals surface area contributed by atoms with E-state index in [1.54, 1.807) is 13.8 Å². The molecule has 8 heteroatoms. The van der Waals surface area contributed by atoms with Gasteiger partial charge in [0.05, 0.1) is 12.2 Å². The Morgan fingerprint density at radius 3 is 2.19 bits per heavy atom. The predicted octanol–water partition coefficient (Wildman–Crippen LogP) is 1.91. The van der Waals surface area contributed by atoms with Crippen molar-refractivity contribution in [2.45, 2.75) is 85.2 Å². The Kier molecular flexibility index (Phi) is 11.4. The van der Waals surface area contributed by atoms with Crippen molar-refractivity contribution in [3.05, 3.63) is 5.53 Å². The first-order valence-corrected chi connectivity index (χ1v) is 8.98. The van der Waals surface area contributed by atoms with Gasteiger partial charge in [0.25, 0.3) is 0 Å². The third-order valence-corrected chi connectivity index (χ3v) is 3.67. The quantitative estimate of drug-likeness (QED) is 0.244. The largest absolute Gasteiger partial charge is 0.461 e. The van der Waals surface area contributed by atoms with Crippen LogP contribution < -0.4 is 5.32 Å². The Hall–Kier alpha value is -2.05. The van der Waals surface area contributed by atoms with Gasteiger partial charge in [-0.05, 0) is 40.0 Å². The Morgan fingerprint density at radius 2 is 1.73 bits per heavy atom. The van der Waals surface area contributed by atoms with E-state index in [0.29, 0.717) is 0 Å². The average molecular weight is 369 g/mol. The molecule has 0 fully saturated rings. The predicted molar refractivity (Wildman–Crippen MR) is 96.5 cm³/mol. The molecule has 0 aliphatic carbocycles. The minimum Gasteiger partial charge on any atom is -0.461 e. The van der Waals surface area contributed by atoms with Crippen molar-refractivity contribution < 1.29 is 28.6 Å². The van der Waals surface area contributed by atoms with Gasteiger partial charge < -0.3 is 20.3 Å². The third-order valence-electron chi connectivity index (χ3n) is 3.67. The number of amides is 1. The first-order chi connectivity index (χ1) is 12.1. The number of rotatable bonds is 12. The second-order valence-electron chi connectivity index (χ2n) is 6.79. The topological polar surface area (TPSA) is 118 Å². The van der Waals surface area contributed by atoms with Crippen molar-refractivity contribution in [2.24, 2.45) is 5.92 Å². The van der Waals surface area contributed by atoms with Crippen LogP contribution in [0.2, 0.25) is 0 Å². The second-order valence-corrected chi connectivity index (χ2v) is 6.79. The molecule has 26 heavy (non-hydrogen) atoms. The number of carbonyl (C=O) groups is 3. The van der Waals surface area contributed by atoms with Crippen LogP contribution >= 0.6 is 0 Å². The summed E-state index contributed by atoms with van der Waals surface area (Å²) in [5, 5.41) is 2.64. The van der Waals surface area contributed by atoms with Crippen LogP contribution in [0.1, 0.15) is 60.8 Å². The number of nitrogens with one attached hydrogen (secondary N) is 1. The lowest BCUT2D eigenvalue weighted by atomic mass is 10.00. The molecular formula is C18H31N3O5. The summed E-state index contributed by atoms with van der Waals surface area (Å²) in [5.41, 5.74) is 8.39. The first-order valence-electron chi connectivity index (χ1n) is 8.98. The third kappa shape index (κ3) is 9.44. The van der Waals surface area contributed by atoms with E-state index in [1.165, 1.54) is 0 Å². The summed E-state index contributed by atoms with van der Waals surface area (Å²) in [6.07, 6.45) is 0.257. The zero-order valence-electron chi connectivity index (χ0n) is 16.5. The van der Waals surface area contributed by atoms with Crippen molar-refractivity contribution in [1.82, 2.24) is 5.32 Å². The van der Waals surface area contributed by atoms with Gasteiger partial charge in [-0.25, -0.2) is 4.79 Å². The zero-order valence-corrected chi connectivity index (χ0v) is 16.5. The summed E-state index contributed by atoms with van der Waals surface area (Å²) in [5.74, 6) is -1.53. The summed E-state index contributed by atoms with van der Waals surface area (Å²) >= 11 is 0. The molecule has 0 unspecified atom stereocenters. The van der Waals surface area contributed by atoms with Crippen LogP contribution in [0.5, 0.6) is 0 Å². The van der Waals surface area contributed by atoms with Crippen molar-refractivity contribution in [2.75, 3.05) is 0 Å². The van der Waals surface area contributed by atoms with Gasteiger partial charge in [-0.2, -0.15) is 4.79 Å². The number of carbonyl (C=O) groups excluding carboxylic acids is 3. The van der Waals surface area contributed by atoms with Gasteiger partial charge in [0.15, 0.2) is 0 Å². The number of ketones is 1. The van der Waals surface area contributed by atoms with Crippen LogP contribution in [-0.2, 0) is 23.9 Å². The number of nitrogens with zero attached hydrogens (tertiary/aromatic N) is 2. The van der Waals surface area contributed by atoms with E-state index < -0.39 is 29.8 Å². The van der Waals surface area contributed by atoms with Gasteiger partial charge in [0, 0.05) is 6.42 Å². The molecule has 0 heterocycles. The second kappa shape index (κ2) is 12.3. The highest BCUT2D eigenvalue weighted by Gasteiger charge is 2.31. The maximum atomic E-state index is 12.7. The van der Waals surface area contributed by atoms with Gasteiger partial charge >= 0.3 is 12.2 Å². The molecule has 0 radical (unpaired) electrons. The Bertz CT molecular complexity index is 527. The summed E-state index contributed by atoms with van der Waals surface area (Å²) < 4.78 is 10.9. The molecule has 0 aliphatic heterocycles. The van der Waals surface area contributed by atoms with E-state index in [2.05, 4.69) is 10.1 Å². The lowest BCUT2D eigenvalue weighted by Gasteiger charge is -2.27. The summed E-state index contributed by atoms with van der Waals surface area (Å²) in [6.45, 7) is 10.9. The standard InChI is InChI=1S/C18H31N3O5/c1-7-13(6)16(25-11(2)3)17(23)21-15(18(24)26-12(4)5)9-8-14(22)10-20-19/h10-13,15-16H,7-9H2,1-6H3,(H,21,23)/t13-,15+,16+/m1/s1. The fourth-order valence-electron chi connectivity index (χ4n) is 2.19. The highest BCUT2D eigenvalue weighted by atomic mass is 16.5. The van der Waals surface area contributed by atoms with Crippen LogP contribution in [0.15, 0.2) is 0 Å². The van der Waals surface area contributed by atoms with Crippen molar-refractivity contribution in [3.63, 3.8) is 0 Å². The van der Waals surface area contributed by atoms with Crippen LogP contribution in [0.4, 0.5) is 0 Å². The number of Topliss-reactive ketones (excluding diaryl/α,β-unsaturated/α-hetero) is 1. The SMILES string of the molecule is CC[C@@H](C)[C@H](OC(C)C)C(=O)N[C@@H](CCC(=O)C=[N+]=[N-])C(=O)OC(C)C. The van der Waals surface area contributed by atoms with Gasteiger partial charge in [0.1, 0.15) is 12.1 Å². The molecule has 3 atom stereocenters. The van der Waals surface area contributed by atoms with Crippen LogP contribution in [0.25, 0.3) is 5.53 Å². The number of esters is 1. The first kappa shape index (κ1) is 23.9. The number of hydrogen-bond acceptors (Lipinski definition) is 5. The van der Waals surface area contributed by atoms with Crippen molar-refractivity contribution in [3.8, 4) is 0 Å². The molecular weight excluding hydrogens is 338 g/mol. The fraction of sp³-hybridized carbons (Fsp3) is 0.778. The molecule has 0 spiro atoms. The van der Waals surface area contributed by atoms with E-state index in [0.717, 1.165) is 12.6 Å². The van der Waals surface area contributed by atoms with Gasteiger partial charge in [-0.3, -0.25) is 9.59 Å². The van der Waals surface area contributed by atoms with Crippen LogP contribution in [0.3, 0.4) is 0 Å². The molecule has 8 nitrogen and oxygen atoms in total. The number of ether oxygens (including phenoxy) is 2. The van der Waals surface area contributed by atoms with E-state index in [1.807, 2.05) is 27.7 Å². The van der Waals surface area contributed by atoms with E-state index in [4.69, 9.17) is 15.0 Å². The highest BCUT2D eigenvalue weighted by molar-refractivity contribution is 6.25. The lowest BCUT2D eigenvalue weighted by Crippen LogP contribution is -2.49. The van der Waals surface area contributed by atoms with Gasteiger partial charge in [-0.15, -0.1) is 0 Å². The maximum Gasteiger partial charge on any atom is 0.328 e. The highest BCUT2D eigenvalue weighted by Crippen LogP contribution is 2.15. The minimum atomic E-state index is -0.983. The molecule has 0 saturated heterocycles. The molecule has 0 bridgehead atoms. The molecule has 0 saturated carbocycles. The molecule has 148 valence electrons. The van der Waals surface area contributed by atoms with Gasteiger partial charge in [-0.1, -0.05) is 20.3 Å². The molecule has 1 N–H and O–H groups in total. The Labute approximate surface area is 155 Å². The summed E-state index contributed by atoms with van der Waals surface area (Å²) in [6, 6.07) is -0.983. The van der Waals surface area contributed by atoms with Crippen molar-refractivity contribution in [1.29, 1.82) is 0 Å². The smallest absolute Gasteiger partial charge is 0.328 e. The Morgan fingerprint density at radius 1 is 1.12 bits per heavy atom. The van der Waals surface area contributed by atoms with Crippen molar-refractivity contribution >= 4 is 23.9 Å². The Balaban J connectivity index is 5.20. The molecule has 0 aliphatic rings. The molecule has 0 aromatic rings. The molecule has 0 aromatic heterocycles. The monoisotopic (exact) mass is 369 g/mol. The van der Waals surface area contributed by atoms with Crippen LogP contribution in [-0.4, -0.2) is 53.0 Å². The van der Waals surface area contributed by atoms with E-state index >= 15 is 0 Å². The maximum absolute atomic E-state index is 12.7. The van der Waals surface area contributed by atoms with Gasteiger partial charge in [0.2, 0.25) is 11.7 Å². The lowest BCUT2D eigenvalue weighted by molar-refractivity contribution is -0.154. The molecule has 0 rings (SSSR count). The fourth-order valence-corrected chi connectivity index (χ4v) is 2.19. The summed E-state index contributed by atoms with van der Waals surface area (Å²) in [4.78, 5) is 39.1. The van der Waals surface area contributed by atoms with E-state index in [-0.39, 0.29) is 31.0 Å². The minimum absolute atomic E-state index is 0.0387. The summed E-state index contributed by atoms with van der Waals surface area (Å²) in [7, 11) is 0. The molecule has 1 amide bonds. The van der Waals surface area contributed by atoms with Crippen LogP contribution in [0, 0.1) is 5.92 Å².